The van der Waals surface area contributed by atoms with E-state index >= 15 is 0 Å². The van der Waals surface area contributed by atoms with Crippen LogP contribution < -0.4 is 0 Å². The van der Waals surface area contributed by atoms with Crippen molar-refractivity contribution in [3.8, 4) is 0 Å². The lowest BCUT2D eigenvalue weighted by molar-refractivity contribution is -0.142. The molecule has 5 nitrogen and oxygen atoms in total. The van der Waals surface area contributed by atoms with E-state index in [1.165, 1.54) is 7.11 Å². The molecule has 0 saturated carbocycles. The maximum Gasteiger partial charge on any atom is 0.306 e. The highest BCUT2D eigenvalue weighted by molar-refractivity contribution is 7.91. The smallest absolute Gasteiger partial charge is 0.306 e. The Labute approximate surface area is 121 Å². The molecular weight excluding hydrogens is 280 g/mol. The molecule has 6 heteroatoms. The number of hydrogen-bond acceptors (Lipinski definition) is 5. The summed E-state index contributed by atoms with van der Waals surface area (Å²) in [6.45, 7) is 4.21. The van der Waals surface area contributed by atoms with Gasteiger partial charge in [0, 0.05) is 5.92 Å². The molecule has 0 bridgehead atoms. The van der Waals surface area contributed by atoms with Crippen molar-refractivity contribution in [3.63, 3.8) is 0 Å². The zero-order valence-electron chi connectivity index (χ0n) is 12.4. The molecule has 116 valence electrons. The number of rotatable bonds is 10. The van der Waals surface area contributed by atoms with Crippen LogP contribution in [-0.2, 0) is 24.2 Å². The van der Waals surface area contributed by atoms with Crippen molar-refractivity contribution in [3.05, 3.63) is 12.2 Å². The first-order chi connectivity index (χ1) is 9.30. The molecule has 1 atom stereocenters. The average molecular weight is 304 g/mol. The largest absolute Gasteiger partial charge is 0.469 e. The lowest BCUT2D eigenvalue weighted by Gasteiger charge is -2.08. The zero-order valence-corrected chi connectivity index (χ0v) is 13.2. The van der Waals surface area contributed by atoms with E-state index in [-0.39, 0.29) is 17.9 Å². The van der Waals surface area contributed by atoms with Crippen molar-refractivity contribution >= 4 is 22.1 Å². The van der Waals surface area contributed by atoms with Gasteiger partial charge in [-0.1, -0.05) is 26.0 Å². The van der Waals surface area contributed by atoms with Gasteiger partial charge in [0.15, 0.2) is 9.84 Å². The Morgan fingerprint density at radius 3 is 2.40 bits per heavy atom. The molecule has 0 rings (SSSR count). The first-order valence-corrected chi connectivity index (χ1v) is 8.50. The fraction of sp³-hybridized carbons (Fsp3) is 0.714. The SMILES string of the molecule is COC(=O)CC(C=O)CS(=O)(=O)CC=CCCC(C)C. The minimum atomic E-state index is -3.37. The number of ether oxygens (including phenoxy) is 1. The van der Waals surface area contributed by atoms with Crippen LogP contribution in [0.3, 0.4) is 0 Å². The quantitative estimate of drug-likeness (QED) is 0.349. The van der Waals surface area contributed by atoms with Gasteiger partial charge in [-0.2, -0.15) is 0 Å². The third-order valence-corrected chi connectivity index (χ3v) is 4.38. The molecule has 1 unspecified atom stereocenters. The molecule has 0 aliphatic heterocycles. The van der Waals surface area contributed by atoms with Gasteiger partial charge in [0.05, 0.1) is 25.0 Å². The number of methoxy groups -OCH3 is 1. The summed E-state index contributed by atoms with van der Waals surface area (Å²) in [5.74, 6) is -1.26. The van der Waals surface area contributed by atoms with Crippen LogP contribution in [0.2, 0.25) is 0 Å². The van der Waals surface area contributed by atoms with E-state index in [0.717, 1.165) is 12.8 Å². The Morgan fingerprint density at radius 2 is 1.90 bits per heavy atom. The van der Waals surface area contributed by atoms with Gasteiger partial charge >= 0.3 is 5.97 Å². The minimum Gasteiger partial charge on any atom is -0.469 e. The van der Waals surface area contributed by atoms with Crippen molar-refractivity contribution in [1.82, 2.24) is 0 Å². The third kappa shape index (κ3) is 9.72. The highest BCUT2D eigenvalue weighted by Gasteiger charge is 2.20. The Balaban J connectivity index is 4.28. The number of esters is 1. The van der Waals surface area contributed by atoms with Crippen molar-refractivity contribution in [2.24, 2.45) is 11.8 Å². The van der Waals surface area contributed by atoms with Gasteiger partial charge in [-0.05, 0) is 18.8 Å². The summed E-state index contributed by atoms with van der Waals surface area (Å²) in [4.78, 5) is 21.8. The molecule has 20 heavy (non-hydrogen) atoms. The summed E-state index contributed by atoms with van der Waals surface area (Å²) in [7, 11) is -2.17. The monoisotopic (exact) mass is 304 g/mol. The van der Waals surface area contributed by atoms with Crippen LogP contribution >= 0.6 is 0 Å². The highest BCUT2D eigenvalue weighted by Crippen LogP contribution is 2.08. The third-order valence-electron chi connectivity index (χ3n) is 2.74. The number of aldehydes is 1. The molecule has 0 aliphatic rings. The molecule has 0 spiro atoms. The van der Waals surface area contributed by atoms with Crippen LogP contribution in [-0.4, -0.2) is 39.3 Å². The zero-order chi connectivity index (χ0) is 15.6. The van der Waals surface area contributed by atoms with Crippen LogP contribution in [0, 0.1) is 11.8 Å². The molecular formula is C14H24O5S. The standard InChI is InChI=1S/C14H24O5S/c1-12(2)7-5-4-6-8-20(17,18)11-13(10-15)9-14(16)19-3/h4,6,10,12-13H,5,7-9,11H2,1-3H3. The second-order valence-corrected chi connectivity index (χ2v) is 7.35. The molecule has 0 fully saturated rings. The maximum absolute atomic E-state index is 11.8. The second-order valence-electron chi connectivity index (χ2n) is 5.20. The molecule has 0 N–H and O–H groups in total. The summed E-state index contributed by atoms with van der Waals surface area (Å²) in [6, 6.07) is 0. The van der Waals surface area contributed by atoms with E-state index in [9.17, 15) is 18.0 Å². The Hall–Kier alpha value is -1.17. The number of hydrogen-bond donors (Lipinski definition) is 0. The summed E-state index contributed by atoms with van der Waals surface area (Å²) in [6.07, 6.45) is 5.60. The molecule has 0 aromatic rings. The molecule has 0 aromatic heterocycles. The fourth-order valence-corrected chi connectivity index (χ4v) is 3.01. The van der Waals surface area contributed by atoms with Crippen molar-refractivity contribution < 1.29 is 22.7 Å². The van der Waals surface area contributed by atoms with E-state index in [4.69, 9.17) is 0 Å². The minimum absolute atomic E-state index is 0.101. The Bertz CT molecular complexity index is 423. The molecule has 0 saturated heterocycles. The fourth-order valence-electron chi connectivity index (χ4n) is 1.60. The number of allylic oxidation sites excluding steroid dienone is 1. The number of carbonyl (C=O) groups is 2. The molecule has 0 aromatic carbocycles. The van der Waals surface area contributed by atoms with E-state index in [1.807, 2.05) is 6.08 Å². The van der Waals surface area contributed by atoms with Gasteiger partial charge in [-0.25, -0.2) is 8.42 Å². The van der Waals surface area contributed by atoms with Gasteiger partial charge in [-0.3, -0.25) is 4.79 Å². The van der Waals surface area contributed by atoms with Crippen LogP contribution in [0.1, 0.15) is 33.1 Å². The van der Waals surface area contributed by atoms with Gasteiger partial charge in [-0.15, -0.1) is 0 Å². The first-order valence-electron chi connectivity index (χ1n) is 6.68. The van der Waals surface area contributed by atoms with Crippen LogP contribution in [0.25, 0.3) is 0 Å². The van der Waals surface area contributed by atoms with Gasteiger partial charge in [0.1, 0.15) is 6.29 Å². The summed E-state index contributed by atoms with van der Waals surface area (Å²) < 4.78 is 28.0. The van der Waals surface area contributed by atoms with Gasteiger partial charge in [0.25, 0.3) is 0 Å². The van der Waals surface area contributed by atoms with E-state index in [2.05, 4.69) is 18.6 Å². The molecule has 0 aliphatic carbocycles. The normalized spacial score (nSPS) is 13.6. The van der Waals surface area contributed by atoms with Crippen LogP contribution in [0.5, 0.6) is 0 Å². The van der Waals surface area contributed by atoms with E-state index in [1.54, 1.807) is 6.08 Å². The summed E-state index contributed by atoms with van der Waals surface area (Å²) >= 11 is 0. The Kier molecular flexibility index (Phi) is 9.12. The molecule has 0 heterocycles. The first kappa shape index (κ1) is 18.8. The second kappa shape index (κ2) is 9.69. The lowest BCUT2D eigenvalue weighted by Crippen LogP contribution is -2.22. The Morgan fingerprint density at radius 1 is 1.25 bits per heavy atom. The number of carbonyl (C=O) groups excluding carboxylic acids is 2. The predicted molar refractivity (Wildman–Crippen MR) is 78.1 cm³/mol. The van der Waals surface area contributed by atoms with Crippen molar-refractivity contribution in [2.75, 3.05) is 18.6 Å². The van der Waals surface area contributed by atoms with Gasteiger partial charge < -0.3 is 9.53 Å². The highest BCUT2D eigenvalue weighted by atomic mass is 32.2. The maximum atomic E-state index is 11.8. The van der Waals surface area contributed by atoms with Crippen molar-refractivity contribution in [1.29, 1.82) is 0 Å². The van der Waals surface area contributed by atoms with E-state index < -0.39 is 21.7 Å². The number of sulfone groups is 1. The predicted octanol–water partition coefficient (Wildman–Crippen LogP) is 1.77. The average Bonchev–Trinajstić information content (AvgIpc) is 2.36. The van der Waals surface area contributed by atoms with Crippen LogP contribution in [0.15, 0.2) is 12.2 Å². The van der Waals surface area contributed by atoms with Gasteiger partial charge in [0.2, 0.25) is 0 Å². The topological polar surface area (TPSA) is 77.5 Å². The van der Waals surface area contributed by atoms with Crippen molar-refractivity contribution in [2.45, 2.75) is 33.1 Å². The van der Waals surface area contributed by atoms with Crippen LogP contribution in [0.4, 0.5) is 0 Å². The molecule has 0 amide bonds. The summed E-state index contributed by atoms with van der Waals surface area (Å²) in [5.41, 5.74) is 0. The molecule has 0 radical (unpaired) electrons. The van der Waals surface area contributed by atoms with E-state index in [0.29, 0.717) is 12.2 Å². The lowest BCUT2D eigenvalue weighted by atomic mass is 10.1. The summed E-state index contributed by atoms with van der Waals surface area (Å²) in [5, 5.41) is 0.